The fraction of sp³-hybridized carbons (Fsp3) is 0.429. The maximum atomic E-state index is 11.9. The minimum absolute atomic E-state index is 0.126. The largest absolute Gasteiger partial charge is 0.359 e. The van der Waals surface area contributed by atoms with Gasteiger partial charge in [0.2, 0.25) is 11.8 Å². The van der Waals surface area contributed by atoms with Gasteiger partial charge in [-0.05, 0) is 19.4 Å². The quantitative estimate of drug-likeness (QED) is 0.810. The number of rotatable bonds is 5. The van der Waals surface area contributed by atoms with Crippen molar-refractivity contribution in [3.63, 3.8) is 0 Å². The maximum Gasteiger partial charge on any atom is 0.242 e. The van der Waals surface area contributed by atoms with Crippen molar-refractivity contribution in [1.82, 2.24) is 10.6 Å². The summed E-state index contributed by atoms with van der Waals surface area (Å²) in [7, 11) is 1.57. The number of carbonyl (C=O) groups excluding carboxylic acids is 2. The van der Waals surface area contributed by atoms with E-state index in [1.165, 1.54) is 0 Å². The highest BCUT2D eigenvalue weighted by atomic mass is 35.5. The van der Waals surface area contributed by atoms with Gasteiger partial charge in [0.25, 0.3) is 0 Å². The third-order valence-corrected chi connectivity index (χ3v) is 3.32. The summed E-state index contributed by atoms with van der Waals surface area (Å²) >= 11 is 6.09. The second kappa shape index (κ2) is 6.57. The highest BCUT2D eigenvalue weighted by Crippen LogP contribution is 2.21. The van der Waals surface area contributed by atoms with Crippen LogP contribution in [-0.4, -0.2) is 25.4 Å². The average molecular weight is 283 g/mol. The van der Waals surface area contributed by atoms with Crippen LogP contribution in [0, 0.1) is 5.41 Å². The lowest BCUT2D eigenvalue weighted by molar-refractivity contribution is -0.129. The standard InChI is InChI=1S/C14H19ClN2O2/c1-14(2,13(19)16-3)9-17-12(18)11(15)10-7-5-4-6-8-10/h4-8,11H,9H2,1-3H3,(H,16,19)(H,17,18). The zero-order valence-electron chi connectivity index (χ0n) is 11.4. The molecule has 1 aromatic carbocycles. The van der Waals surface area contributed by atoms with Gasteiger partial charge >= 0.3 is 0 Å². The minimum atomic E-state index is -0.748. The van der Waals surface area contributed by atoms with Crippen LogP contribution in [0.5, 0.6) is 0 Å². The van der Waals surface area contributed by atoms with E-state index < -0.39 is 10.8 Å². The zero-order chi connectivity index (χ0) is 14.5. The van der Waals surface area contributed by atoms with Crippen molar-refractivity contribution in [3.05, 3.63) is 35.9 Å². The number of nitrogens with one attached hydrogen (secondary N) is 2. The molecule has 2 N–H and O–H groups in total. The van der Waals surface area contributed by atoms with Crippen molar-refractivity contribution in [2.75, 3.05) is 13.6 Å². The molecule has 0 aliphatic carbocycles. The smallest absolute Gasteiger partial charge is 0.242 e. The van der Waals surface area contributed by atoms with Crippen LogP contribution in [0.2, 0.25) is 0 Å². The molecule has 5 heteroatoms. The van der Waals surface area contributed by atoms with E-state index >= 15 is 0 Å². The molecular weight excluding hydrogens is 264 g/mol. The van der Waals surface area contributed by atoms with Gasteiger partial charge in [0, 0.05) is 13.6 Å². The first-order valence-electron chi connectivity index (χ1n) is 6.07. The Hall–Kier alpha value is -1.55. The Kier molecular flexibility index (Phi) is 5.36. The molecule has 1 atom stereocenters. The van der Waals surface area contributed by atoms with Gasteiger partial charge in [-0.3, -0.25) is 9.59 Å². The van der Waals surface area contributed by atoms with E-state index in [9.17, 15) is 9.59 Å². The van der Waals surface area contributed by atoms with E-state index in [0.29, 0.717) is 0 Å². The first-order chi connectivity index (χ1) is 8.88. The first kappa shape index (κ1) is 15.5. The average Bonchev–Trinajstić information content (AvgIpc) is 2.43. The van der Waals surface area contributed by atoms with Gasteiger partial charge in [0.1, 0.15) is 5.38 Å². The number of amides is 2. The number of carbonyl (C=O) groups is 2. The van der Waals surface area contributed by atoms with Crippen LogP contribution in [0.1, 0.15) is 24.8 Å². The molecule has 0 spiro atoms. The third kappa shape index (κ3) is 4.24. The van der Waals surface area contributed by atoms with Gasteiger partial charge < -0.3 is 10.6 Å². The molecular formula is C14H19ClN2O2. The summed E-state index contributed by atoms with van der Waals surface area (Å²) in [6.07, 6.45) is 0. The topological polar surface area (TPSA) is 58.2 Å². The van der Waals surface area contributed by atoms with Gasteiger partial charge in [-0.25, -0.2) is 0 Å². The van der Waals surface area contributed by atoms with E-state index in [1.54, 1.807) is 33.0 Å². The van der Waals surface area contributed by atoms with Gasteiger partial charge in [0.15, 0.2) is 0 Å². The SMILES string of the molecule is CNC(=O)C(C)(C)CNC(=O)C(Cl)c1ccccc1. The third-order valence-electron chi connectivity index (χ3n) is 2.87. The van der Waals surface area contributed by atoms with E-state index in [-0.39, 0.29) is 18.4 Å². The van der Waals surface area contributed by atoms with Crippen LogP contribution in [0.4, 0.5) is 0 Å². The van der Waals surface area contributed by atoms with Crippen LogP contribution >= 0.6 is 11.6 Å². The van der Waals surface area contributed by atoms with Gasteiger partial charge in [-0.2, -0.15) is 0 Å². The van der Waals surface area contributed by atoms with Crippen LogP contribution in [0.15, 0.2) is 30.3 Å². The molecule has 0 saturated carbocycles. The van der Waals surface area contributed by atoms with Crippen molar-refractivity contribution in [2.45, 2.75) is 19.2 Å². The highest BCUT2D eigenvalue weighted by molar-refractivity contribution is 6.30. The van der Waals surface area contributed by atoms with Gasteiger partial charge in [-0.1, -0.05) is 30.3 Å². The second-order valence-electron chi connectivity index (χ2n) is 4.95. The van der Waals surface area contributed by atoms with Crippen molar-refractivity contribution in [3.8, 4) is 0 Å². The molecule has 0 aliphatic rings. The molecule has 104 valence electrons. The fourth-order valence-corrected chi connectivity index (χ4v) is 1.81. The lowest BCUT2D eigenvalue weighted by Crippen LogP contribution is -2.44. The molecule has 0 heterocycles. The lowest BCUT2D eigenvalue weighted by Gasteiger charge is -2.23. The Morgan fingerprint density at radius 1 is 1.26 bits per heavy atom. The van der Waals surface area contributed by atoms with Crippen LogP contribution in [0.3, 0.4) is 0 Å². The summed E-state index contributed by atoms with van der Waals surface area (Å²) < 4.78 is 0. The number of hydrogen-bond donors (Lipinski definition) is 2. The molecule has 0 aliphatic heterocycles. The van der Waals surface area contributed by atoms with E-state index in [0.717, 1.165) is 5.56 Å². The Bertz CT molecular complexity index is 446. The Morgan fingerprint density at radius 3 is 2.37 bits per heavy atom. The number of alkyl halides is 1. The predicted octanol–water partition coefficient (Wildman–Crippen LogP) is 1.85. The summed E-state index contributed by atoms with van der Waals surface area (Å²) in [6, 6.07) is 9.10. The molecule has 1 unspecified atom stereocenters. The normalized spacial score (nSPS) is 12.6. The van der Waals surface area contributed by atoms with E-state index in [1.807, 2.05) is 18.2 Å². The molecule has 1 rings (SSSR count). The summed E-state index contributed by atoms with van der Waals surface area (Å²) in [5, 5.41) is 4.52. The summed E-state index contributed by atoms with van der Waals surface area (Å²) in [5.41, 5.74) is 0.0666. The number of benzene rings is 1. The van der Waals surface area contributed by atoms with Crippen molar-refractivity contribution in [2.24, 2.45) is 5.41 Å². The first-order valence-corrected chi connectivity index (χ1v) is 6.51. The molecule has 1 aromatic rings. The Morgan fingerprint density at radius 2 is 1.84 bits per heavy atom. The molecule has 19 heavy (non-hydrogen) atoms. The van der Waals surface area contributed by atoms with Crippen LogP contribution in [0.25, 0.3) is 0 Å². The molecule has 0 bridgehead atoms. The molecule has 0 saturated heterocycles. The van der Waals surface area contributed by atoms with Gasteiger partial charge in [-0.15, -0.1) is 11.6 Å². The Labute approximate surface area is 118 Å². The molecule has 0 fully saturated rings. The Balaban J connectivity index is 2.59. The zero-order valence-corrected chi connectivity index (χ0v) is 12.1. The monoisotopic (exact) mass is 282 g/mol. The molecule has 4 nitrogen and oxygen atoms in total. The lowest BCUT2D eigenvalue weighted by atomic mass is 9.92. The van der Waals surface area contributed by atoms with E-state index in [2.05, 4.69) is 10.6 Å². The fourth-order valence-electron chi connectivity index (χ4n) is 1.59. The number of halogens is 1. The van der Waals surface area contributed by atoms with Crippen molar-refractivity contribution >= 4 is 23.4 Å². The van der Waals surface area contributed by atoms with Crippen LogP contribution < -0.4 is 10.6 Å². The van der Waals surface area contributed by atoms with Crippen LogP contribution in [-0.2, 0) is 9.59 Å². The molecule has 0 aromatic heterocycles. The summed E-state index contributed by atoms with van der Waals surface area (Å²) in [6.45, 7) is 3.76. The molecule has 0 radical (unpaired) electrons. The highest BCUT2D eigenvalue weighted by Gasteiger charge is 2.28. The molecule has 2 amide bonds. The predicted molar refractivity (Wildman–Crippen MR) is 75.9 cm³/mol. The van der Waals surface area contributed by atoms with E-state index in [4.69, 9.17) is 11.6 Å². The van der Waals surface area contributed by atoms with Crippen molar-refractivity contribution in [1.29, 1.82) is 0 Å². The minimum Gasteiger partial charge on any atom is -0.359 e. The summed E-state index contributed by atoms with van der Waals surface area (Å²) in [5.74, 6) is -0.427. The summed E-state index contributed by atoms with van der Waals surface area (Å²) in [4.78, 5) is 23.5. The van der Waals surface area contributed by atoms with Gasteiger partial charge in [0.05, 0.1) is 5.41 Å². The second-order valence-corrected chi connectivity index (χ2v) is 5.39. The van der Waals surface area contributed by atoms with Crippen molar-refractivity contribution < 1.29 is 9.59 Å². The maximum absolute atomic E-state index is 11.9. The number of hydrogen-bond acceptors (Lipinski definition) is 2.